The van der Waals surface area contributed by atoms with Crippen LogP contribution in [0.25, 0.3) is 0 Å². The SMILES string of the molecule is CS(=O)(=O)C(C#N)C1CCCC1. The van der Waals surface area contributed by atoms with Gasteiger partial charge in [0.1, 0.15) is 0 Å². The summed E-state index contributed by atoms with van der Waals surface area (Å²) in [6, 6.07) is 1.90. The molecule has 1 unspecified atom stereocenters. The minimum atomic E-state index is -3.16. The van der Waals surface area contributed by atoms with Crippen molar-refractivity contribution in [2.45, 2.75) is 30.9 Å². The predicted octanol–water partition coefficient (Wildman–Crippen LogP) is 1.11. The molecular weight excluding hydrogens is 174 g/mol. The van der Waals surface area contributed by atoms with Crippen LogP contribution in [-0.4, -0.2) is 19.9 Å². The topological polar surface area (TPSA) is 57.9 Å². The zero-order valence-electron chi connectivity index (χ0n) is 7.16. The van der Waals surface area contributed by atoms with Crippen molar-refractivity contribution >= 4 is 9.84 Å². The molecule has 1 aliphatic rings. The Morgan fingerprint density at radius 2 is 1.92 bits per heavy atom. The summed E-state index contributed by atoms with van der Waals surface area (Å²) < 4.78 is 22.3. The lowest BCUT2D eigenvalue weighted by molar-refractivity contribution is 0.529. The van der Waals surface area contributed by atoms with Crippen LogP contribution >= 0.6 is 0 Å². The van der Waals surface area contributed by atoms with Crippen LogP contribution in [0.15, 0.2) is 0 Å². The highest BCUT2D eigenvalue weighted by molar-refractivity contribution is 7.91. The Bertz CT molecular complexity index is 283. The number of sulfone groups is 1. The van der Waals surface area contributed by atoms with Gasteiger partial charge in [-0.2, -0.15) is 5.26 Å². The van der Waals surface area contributed by atoms with Gasteiger partial charge in [-0.1, -0.05) is 12.8 Å². The highest BCUT2D eigenvalue weighted by Crippen LogP contribution is 2.30. The Hall–Kier alpha value is -0.560. The molecule has 68 valence electrons. The Kier molecular flexibility index (Phi) is 2.73. The summed E-state index contributed by atoms with van der Waals surface area (Å²) in [5, 5.41) is 7.93. The second kappa shape index (κ2) is 3.44. The Morgan fingerprint density at radius 3 is 2.25 bits per heavy atom. The van der Waals surface area contributed by atoms with E-state index >= 15 is 0 Å². The molecule has 12 heavy (non-hydrogen) atoms. The van der Waals surface area contributed by atoms with E-state index in [0.29, 0.717) is 0 Å². The highest BCUT2D eigenvalue weighted by atomic mass is 32.2. The molecule has 1 saturated carbocycles. The van der Waals surface area contributed by atoms with Crippen LogP contribution in [0.2, 0.25) is 0 Å². The van der Waals surface area contributed by atoms with Crippen molar-refractivity contribution in [1.82, 2.24) is 0 Å². The second-order valence-corrected chi connectivity index (χ2v) is 5.59. The molecule has 1 atom stereocenters. The average molecular weight is 187 g/mol. The van der Waals surface area contributed by atoms with Crippen LogP contribution in [-0.2, 0) is 9.84 Å². The number of nitriles is 1. The fourth-order valence-corrected chi connectivity index (χ4v) is 2.97. The van der Waals surface area contributed by atoms with Gasteiger partial charge in [-0.05, 0) is 18.8 Å². The first-order valence-electron chi connectivity index (χ1n) is 4.14. The average Bonchev–Trinajstić information content (AvgIpc) is 2.38. The van der Waals surface area contributed by atoms with E-state index in [1.807, 2.05) is 6.07 Å². The Morgan fingerprint density at radius 1 is 1.42 bits per heavy atom. The summed E-state index contributed by atoms with van der Waals surface area (Å²) in [5.74, 6) is 0.0880. The quantitative estimate of drug-likeness (QED) is 0.650. The van der Waals surface area contributed by atoms with E-state index in [1.165, 1.54) is 0 Å². The monoisotopic (exact) mass is 187 g/mol. The molecule has 0 bridgehead atoms. The van der Waals surface area contributed by atoms with Crippen LogP contribution in [0.3, 0.4) is 0 Å². The Balaban J connectivity index is 2.77. The maximum atomic E-state index is 11.1. The normalized spacial score (nSPS) is 22.0. The van der Waals surface area contributed by atoms with Crippen molar-refractivity contribution in [1.29, 1.82) is 5.26 Å². The molecule has 0 aromatic carbocycles. The molecule has 0 saturated heterocycles. The van der Waals surface area contributed by atoms with Gasteiger partial charge >= 0.3 is 0 Å². The fraction of sp³-hybridized carbons (Fsp3) is 0.875. The minimum absolute atomic E-state index is 0.0880. The van der Waals surface area contributed by atoms with E-state index < -0.39 is 15.1 Å². The van der Waals surface area contributed by atoms with E-state index in [4.69, 9.17) is 5.26 Å². The summed E-state index contributed by atoms with van der Waals surface area (Å²) in [6.07, 6.45) is 5.08. The van der Waals surface area contributed by atoms with Crippen molar-refractivity contribution in [3.63, 3.8) is 0 Å². The van der Waals surface area contributed by atoms with Crippen LogP contribution in [0.4, 0.5) is 0 Å². The van der Waals surface area contributed by atoms with Gasteiger partial charge in [0.2, 0.25) is 0 Å². The van der Waals surface area contributed by atoms with Crippen molar-refractivity contribution in [2.24, 2.45) is 5.92 Å². The van der Waals surface area contributed by atoms with Crippen molar-refractivity contribution in [2.75, 3.05) is 6.26 Å². The van der Waals surface area contributed by atoms with Gasteiger partial charge in [-0.25, -0.2) is 8.42 Å². The van der Waals surface area contributed by atoms with Gasteiger partial charge in [0, 0.05) is 6.26 Å². The fourth-order valence-electron chi connectivity index (χ4n) is 1.81. The molecule has 1 aliphatic carbocycles. The minimum Gasteiger partial charge on any atom is -0.228 e. The Labute approximate surface area is 73.3 Å². The highest BCUT2D eigenvalue weighted by Gasteiger charge is 2.32. The predicted molar refractivity (Wildman–Crippen MR) is 46.2 cm³/mol. The summed E-state index contributed by atoms with van der Waals surface area (Å²) in [5.41, 5.74) is 0. The molecule has 0 N–H and O–H groups in total. The van der Waals surface area contributed by atoms with Crippen molar-refractivity contribution in [3.8, 4) is 6.07 Å². The lowest BCUT2D eigenvalue weighted by Gasteiger charge is -2.13. The first-order chi connectivity index (χ1) is 5.55. The summed E-state index contributed by atoms with van der Waals surface area (Å²) >= 11 is 0. The zero-order chi connectivity index (χ0) is 9.19. The summed E-state index contributed by atoms with van der Waals surface area (Å²) in [4.78, 5) is 0. The third kappa shape index (κ3) is 1.98. The van der Waals surface area contributed by atoms with E-state index in [-0.39, 0.29) is 5.92 Å². The molecule has 1 fully saturated rings. The van der Waals surface area contributed by atoms with Gasteiger partial charge in [-0.15, -0.1) is 0 Å². The molecule has 0 amide bonds. The van der Waals surface area contributed by atoms with Gasteiger partial charge in [-0.3, -0.25) is 0 Å². The van der Waals surface area contributed by atoms with E-state index in [1.54, 1.807) is 0 Å². The van der Waals surface area contributed by atoms with Crippen molar-refractivity contribution < 1.29 is 8.42 Å². The van der Waals surface area contributed by atoms with Crippen LogP contribution in [0.5, 0.6) is 0 Å². The van der Waals surface area contributed by atoms with Gasteiger partial charge < -0.3 is 0 Å². The number of hydrogen-bond donors (Lipinski definition) is 0. The summed E-state index contributed by atoms with van der Waals surface area (Å²) in [6.45, 7) is 0. The molecule has 0 aromatic rings. The van der Waals surface area contributed by atoms with Crippen LogP contribution in [0, 0.1) is 17.2 Å². The smallest absolute Gasteiger partial charge is 0.163 e. The largest absolute Gasteiger partial charge is 0.228 e. The lowest BCUT2D eigenvalue weighted by Crippen LogP contribution is -2.25. The lowest BCUT2D eigenvalue weighted by atomic mass is 10.1. The van der Waals surface area contributed by atoms with E-state index in [2.05, 4.69) is 0 Å². The molecule has 0 aromatic heterocycles. The molecular formula is C8H13NO2S. The third-order valence-electron chi connectivity index (χ3n) is 2.42. The molecule has 0 heterocycles. The standard InChI is InChI=1S/C8H13NO2S/c1-12(10,11)8(6-9)7-4-2-3-5-7/h7-8H,2-5H2,1H3. The van der Waals surface area contributed by atoms with Crippen molar-refractivity contribution in [3.05, 3.63) is 0 Å². The van der Waals surface area contributed by atoms with Gasteiger partial charge in [0.25, 0.3) is 0 Å². The second-order valence-electron chi connectivity index (χ2n) is 3.42. The molecule has 0 aliphatic heterocycles. The molecule has 4 heteroatoms. The number of nitrogens with zero attached hydrogens (tertiary/aromatic N) is 1. The van der Waals surface area contributed by atoms with E-state index in [9.17, 15) is 8.42 Å². The van der Waals surface area contributed by atoms with Crippen LogP contribution < -0.4 is 0 Å². The number of rotatable bonds is 2. The third-order valence-corrected chi connectivity index (χ3v) is 3.83. The molecule has 3 nitrogen and oxygen atoms in total. The van der Waals surface area contributed by atoms with Gasteiger partial charge in [0.15, 0.2) is 15.1 Å². The molecule has 0 radical (unpaired) electrons. The zero-order valence-corrected chi connectivity index (χ0v) is 7.97. The maximum Gasteiger partial charge on any atom is 0.163 e. The first kappa shape index (κ1) is 9.53. The van der Waals surface area contributed by atoms with Gasteiger partial charge in [0.05, 0.1) is 6.07 Å². The maximum absolute atomic E-state index is 11.1. The summed E-state index contributed by atoms with van der Waals surface area (Å²) in [7, 11) is -3.16. The van der Waals surface area contributed by atoms with E-state index in [0.717, 1.165) is 31.9 Å². The first-order valence-corrected chi connectivity index (χ1v) is 6.09. The number of hydrogen-bond acceptors (Lipinski definition) is 3. The molecule has 0 spiro atoms. The van der Waals surface area contributed by atoms with Crippen LogP contribution in [0.1, 0.15) is 25.7 Å². The molecule has 1 rings (SSSR count).